The fourth-order valence-corrected chi connectivity index (χ4v) is 2.70. The van der Waals surface area contributed by atoms with Gasteiger partial charge in [-0.05, 0) is 18.2 Å². The van der Waals surface area contributed by atoms with Crippen molar-refractivity contribution in [1.82, 2.24) is 15.2 Å². The van der Waals surface area contributed by atoms with E-state index in [0.717, 1.165) is 42.8 Å². The van der Waals surface area contributed by atoms with Crippen LogP contribution in [0.2, 0.25) is 0 Å². The van der Waals surface area contributed by atoms with E-state index in [9.17, 15) is 4.79 Å². The Hall–Kier alpha value is -2.14. The lowest BCUT2D eigenvalue weighted by atomic mass is 10.1. The zero-order valence-corrected chi connectivity index (χ0v) is 12.5. The zero-order chi connectivity index (χ0) is 14.8. The number of nitrogens with zero attached hydrogens (tertiary/aromatic N) is 3. The topological polar surface area (TPSA) is 48.5 Å². The molecule has 2 heterocycles. The molecule has 1 aliphatic heterocycles. The van der Waals surface area contributed by atoms with Crippen LogP contribution < -0.4 is 10.2 Å². The van der Waals surface area contributed by atoms with Crippen molar-refractivity contribution < 1.29 is 4.79 Å². The zero-order valence-electron chi connectivity index (χ0n) is 12.5. The second kappa shape index (κ2) is 5.69. The molecule has 5 heteroatoms. The van der Waals surface area contributed by atoms with E-state index < -0.39 is 0 Å². The van der Waals surface area contributed by atoms with E-state index in [-0.39, 0.29) is 5.91 Å². The highest BCUT2D eigenvalue weighted by atomic mass is 16.2. The summed E-state index contributed by atoms with van der Waals surface area (Å²) in [5.74, 6) is 0.0251. The minimum Gasteiger partial charge on any atom is -0.367 e. The standard InChI is InChI=1S/C16H20N4O/c1-19(2)16(21)13-10-12-4-3-5-18-15(12)14(11-13)20-8-6-17-7-9-20/h3-5,10-11,17H,6-9H2,1-2H3. The SMILES string of the molecule is CN(C)C(=O)c1cc(N2CCNCC2)c2ncccc2c1. The molecule has 2 aromatic rings. The fourth-order valence-electron chi connectivity index (χ4n) is 2.70. The predicted octanol–water partition coefficient (Wildman–Crippen LogP) is 1.35. The van der Waals surface area contributed by atoms with E-state index in [1.54, 1.807) is 19.0 Å². The second-order valence-corrected chi connectivity index (χ2v) is 5.51. The second-order valence-electron chi connectivity index (χ2n) is 5.51. The maximum absolute atomic E-state index is 12.3. The van der Waals surface area contributed by atoms with Gasteiger partial charge in [-0.25, -0.2) is 0 Å². The average Bonchev–Trinajstić information content (AvgIpc) is 2.53. The molecule has 0 bridgehead atoms. The van der Waals surface area contributed by atoms with Gasteiger partial charge in [-0.1, -0.05) is 6.07 Å². The largest absolute Gasteiger partial charge is 0.367 e. The molecule has 0 radical (unpaired) electrons. The summed E-state index contributed by atoms with van der Waals surface area (Å²) < 4.78 is 0. The first-order valence-electron chi connectivity index (χ1n) is 7.23. The Morgan fingerprint density at radius 2 is 2.05 bits per heavy atom. The molecule has 5 nitrogen and oxygen atoms in total. The molecule has 1 fully saturated rings. The Kier molecular flexibility index (Phi) is 3.75. The van der Waals surface area contributed by atoms with Crippen LogP contribution >= 0.6 is 0 Å². The van der Waals surface area contributed by atoms with Crippen molar-refractivity contribution in [2.45, 2.75) is 0 Å². The molecule has 21 heavy (non-hydrogen) atoms. The van der Waals surface area contributed by atoms with Gasteiger partial charge >= 0.3 is 0 Å². The van der Waals surface area contributed by atoms with Crippen LogP contribution in [0.4, 0.5) is 5.69 Å². The van der Waals surface area contributed by atoms with Crippen LogP contribution in [-0.4, -0.2) is 56.1 Å². The van der Waals surface area contributed by atoms with Gasteiger partial charge in [0.05, 0.1) is 11.2 Å². The number of benzene rings is 1. The van der Waals surface area contributed by atoms with E-state index in [0.29, 0.717) is 5.56 Å². The van der Waals surface area contributed by atoms with Crippen molar-refractivity contribution in [2.75, 3.05) is 45.2 Å². The van der Waals surface area contributed by atoms with Crippen molar-refractivity contribution in [3.8, 4) is 0 Å². The van der Waals surface area contributed by atoms with Gasteiger partial charge in [-0.3, -0.25) is 9.78 Å². The number of nitrogens with one attached hydrogen (secondary N) is 1. The van der Waals surface area contributed by atoms with Crippen LogP contribution in [0.15, 0.2) is 30.5 Å². The van der Waals surface area contributed by atoms with Crippen LogP contribution in [0.3, 0.4) is 0 Å². The summed E-state index contributed by atoms with van der Waals surface area (Å²) in [6.45, 7) is 3.79. The van der Waals surface area contributed by atoms with Crippen LogP contribution in [-0.2, 0) is 0 Å². The molecule has 0 spiro atoms. The van der Waals surface area contributed by atoms with E-state index in [4.69, 9.17) is 0 Å². The number of hydrogen-bond acceptors (Lipinski definition) is 4. The summed E-state index contributed by atoms with van der Waals surface area (Å²) in [6, 6.07) is 7.83. The molecule has 1 aliphatic rings. The highest BCUT2D eigenvalue weighted by molar-refractivity contribution is 6.02. The molecule has 1 aromatic heterocycles. The first-order valence-corrected chi connectivity index (χ1v) is 7.23. The molecule has 3 rings (SSSR count). The quantitative estimate of drug-likeness (QED) is 0.904. The van der Waals surface area contributed by atoms with Gasteiger partial charge in [0.1, 0.15) is 0 Å². The molecule has 0 unspecified atom stereocenters. The van der Waals surface area contributed by atoms with Crippen LogP contribution in [0.1, 0.15) is 10.4 Å². The third-order valence-corrected chi connectivity index (χ3v) is 3.80. The minimum atomic E-state index is 0.0251. The smallest absolute Gasteiger partial charge is 0.253 e. The molecular formula is C16H20N4O. The molecular weight excluding hydrogens is 264 g/mol. The number of piperazine rings is 1. The van der Waals surface area contributed by atoms with Crippen LogP contribution in [0.5, 0.6) is 0 Å². The molecule has 1 saturated heterocycles. The first kappa shape index (κ1) is 13.8. The predicted molar refractivity (Wildman–Crippen MR) is 84.8 cm³/mol. The Morgan fingerprint density at radius 1 is 1.29 bits per heavy atom. The van der Waals surface area contributed by atoms with E-state index in [1.807, 2.05) is 30.5 Å². The van der Waals surface area contributed by atoms with Crippen molar-refractivity contribution >= 4 is 22.5 Å². The fraction of sp³-hybridized carbons (Fsp3) is 0.375. The molecule has 0 saturated carbocycles. The molecule has 110 valence electrons. The third kappa shape index (κ3) is 2.69. The number of fused-ring (bicyclic) bond motifs is 1. The lowest BCUT2D eigenvalue weighted by molar-refractivity contribution is 0.0828. The van der Waals surface area contributed by atoms with Crippen molar-refractivity contribution in [3.05, 3.63) is 36.0 Å². The lowest BCUT2D eigenvalue weighted by Crippen LogP contribution is -2.43. The number of hydrogen-bond donors (Lipinski definition) is 1. The number of carbonyl (C=O) groups excluding carboxylic acids is 1. The highest BCUT2D eigenvalue weighted by Crippen LogP contribution is 2.27. The Balaban J connectivity index is 2.13. The van der Waals surface area contributed by atoms with Crippen molar-refractivity contribution in [2.24, 2.45) is 0 Å². The summed E-state index contributed by atoms with van der Waals surface area (Å²) in [6.07, 6.45) is 1.81. The van der Waals surface area contributed by atoms with Crippen LogP contribution in [0.25, 0.3) is 10.9 Å². The minimum absolute atomic E-state index is 0.0251. The Labute approximate surface area is 124 Å². The number of amides is 1. The maximum Gasteiger partial charge on any atom is 0.253 e. The van der Waals surface area contributed by atoms with Crippen LogP contribution in [0, 0.1) is 0 Å². The summed E-state index contributed by atoms with van der Waals surface area (Å²) >= 11 is 0. The Bertz CT molecular complexity index is 662. The maximum atomic E-state index is 12.3. The molecule has 1 N–H and O–H groups in total. The summed E-state index contributed by atoms with van der Waals surface area (Å²) in [5.41, 5.74) is 2.74. The lowest BCUT2D eigenvalue weighted by Gasteiger charge is -2.30. The summed E-state index contributed by atoms with van der Waals surface area (Å²) in [7, 11) is 3.56. The van der Waals surface area contributed by atoms with Gasteiger partial charge in [0.15, 0.2) is 0 Å². The van der Waals surface area contributed by atoms with Gasteiger partial charge in [-0.2, -0.15) is 0 Å². The molecule has 0 aliphatic carbocycles. The first-order chi connectivity index (χ1) is 10.2. The average molecular weight is 284 g/mol. The monoisotopic (exact) mass is 284 g/mol. The third-order valence-electron chi connectivity index (χ3n) is 3.80. The van der Waals surface area contributed by atoms with E-state index >= 15 is 0 Å². The van der Waals surface area contributed by atoms with Gasteiger partial charge < -0.3 is 15.1 Å². The van der Waals surface area contributed by atoms with Gasteiger partial charge in [0.25, 0.3) is 5.91 Å². The Morgan fingerprint density at radius 3 is 2.76 bits per heavy atom. The molecule has 1 aromatic carbocycles. The van der Waals surface area contributed by atoms with E-state index in [1.165, 1.54) is 0 Å². The number of anilines is 1. The van der Waals surface area contributed by atoms with Crippen molar-refractivity contribution in [3.63, 3.8) is 0 Å². The van der Waals surface area contributed by atoms with Crippen molar-refractivity contribution in [1.29, 1.82) is 0 Å². The number of aromatic nitrogens is 1. The summed E-state index contributed by atoms with van der Waals surface area (Å²) in [5, 5.41) is 4.36. The van der Waals surface area contributed by atoms with Gasteiger partial charge in [-0.15, -0.1) is 0 Å². The number of rotatable bonds is 2. The molecule has 0 atom stereocenters. The van der Waals surface area contributed by atoms with Gasteiger partial charge in [0, 0.05) is 57.4 Å². The van der Waals surface area contributed by atoms with Gasteiger partial charge in [0.2, 0.25) is 0 Å². The van der Waals surface area contributed by atoms with E-state index in [2.05, 4.69) is 15.2 Å². The normalized spacial score (nSPS) is 15.2. The highest BCUT2D eigenvalue weighted by Gasteiger charge is 2.18. The number of pyridine rings is 1. The number of carbonyl (C=O) groups is 1. The summed E-state index contributed by atoms with van der Waals surface area (Å²) in [4.78, 5) is 20.7. The molecule has 1 amide bonds.